The minimum Gasteiger partial charge on any atom is -0.453 e. The van der Waals surface area contributed by atoms with Gasteiger partial charge in [0.25, 0.3) is 0 Å². The SMILES string of the molecule is CN(CC(=O)c1cc2ccccc2o1)C1CCCCC1O. The number of carbonyl (C=O) groups is 1. The highest BCUT2D eigenvalue weighted by Gasteiger charge is 2.28. The van der Waals surface area contributed by atoms with Gasteiger partial charge >= 0.3 is 0 Å². The van der Waals surface area contributed by atoms with Crippen molar-refractivity contribution in [3.8, 4) is 0 Å². The second-order valence-electron chi connectivity index (χ2n) is 5.91. The van der Waals surface area contributed by atoms with E-state index in [1.807, 2.05) is 36.2 Å². The van der Waals surface area contributed by atoms with Crippen LogP contribution < -0.4 is 0 Å². The number of nitrogens with zero attached hydrogens (tertiary/aromatic N) is 1. The lowest BCUT2D eigenvalue weighted by Gasteiger charge is -2.34. The van der Waals surface area contributed by atoms with E-state index in [-0.39, 0.29) is 24.5 Å². The first-order valence-corrected chi connectivity index (χ1v) is 7.55. The molecule has 1 saturated carbocycles. The Labute approximate surface area is 124 Å². The lowest BCUT2D eigenvalue weighted by molar-refractivity contribution is 0.0317. The van der Waals surface area contributed by atoms with E-state index >= 15 is 0 Å². The van der Waals surface area contributed by atoms with Crippen molar-refractivity contribution >= 4 is 16.8 Å². The zero-order chi connectivity index (χ0) is 14.8. The Kier molecular flexibility index (Phi) is 4.08. The largest absolute Gasteiger partial charge is 0.453 e. The molecule has 1 aromatic carbocycles. The number of ketones is 1. The van der Waals surface area contributed by atoms with Gasteiger partial charge in [-0.1, -0.05) is 31.0 Å². The summed E-state index contributed by atoms with van der Waals surface area (Å²) in [4.78, 5) is 14.3. The molecule has 1 fully saturated rings. The Morgan fingerprint density at radius 3 is 2.86 bits per heavy atom. The van der Waals surface area contributed by atoms with Gasteiger partial charge in [0, 0.05) is 11.4 Å². The van der Waals surface area contributed by atoms with Crippen molar-refractivity contribution < 1.29 is 14.3 Å². The van der Waals surface area contributed by atoms with Crippen molar-refractivity contribution in [2.45, 2.75) is 37.8 Å². The van der Waals surface area contributed by atoms with Gasteiger partial charge in [-0.25, -0.2) is 0 Å². The number of rotatable bonds is 4. The fourth-order valence-corrected chi connectivity index (χ4v) is 3.15. The van der Waals surface area contributed by atoms with Crippen LogP contribution in [0.1, 0.15) is 36.2 Å². The number of carbonyl (C=O) groups excluding carboxylic acids is 1. The van der Waals surface area contributed by atoms with E-state index in [0.717, 1.165) is 36.7 Å². The first kappa shape index (κ1) is 14.3. The van der Waals surface area contributed by atoms with E-state index in [0.29, 0.717) is 5.76 Å². The molecule has 1 heterocycles. The first-order chi connectivity index (χ1) is 10.1. The summed E-state index contributed by atoms with van der Waals surface area (Å²) < 4.78 is 5.61. The van der Waals surface area contributed by atoms with E-state index < -0.39 is 0 Å². The Morgan fingerprint density at radius 2 is 2.10 bits per heavy atom. The van der Waals surface area contributed by atoms with E-state index in [1.165, 1.54) is 0 Å². The number of furan rings is 1. The summed E-state index contributed by atoms with van der Waals surface area (Å²) in [5, 5.41) is 11.0. The third kappa shape index (κ3) is 3.01. The molecule has 0 aliphatic heterocycles. The topological polar surface area (TPSA) is 53.7 Å². The van der Waals surface area contributed by atoms with Crippen LogP contribution in [0.25, 0.3) is 11.0 Å². The van der Waals surface area contributed by atoms with Crippen LogP contribution in [0.3, 0.4) is 0 Å². The second kappa shape index (κ2) is 6.00. The molecule has 0 bridgehead atoms. The maximum absolute atomic E-state index is 12.4. The van der Waals surface area contributed by atoms with Crippen LogP contribution in [0.5, 0.6) is 0 Å². The Balaban J connectivity index is 1.70. The van der Waals surface area contributed by atoms with Crippen LogP contribution in [0.15, 0.2) is 34.7 Å². The zero-order valence-electron chi connectivity index (χ0n) is 12.3. The number of hydrogen-bond donors (Lipinski definition) is 1. The molecule has 112 valence electrons. The highest BCUT2D eigenvalue weighted by molar-refractivity contribution is 5.98. The van der Waals surface area contributed by atoms with Crippen molar-refractivity contribution in [2.75, 3.05) is 13.6 Å². The summed E-state index contributed by atoms with van der Waals surface area (Å²) in [6.07, 6.45) is 3.64. The van der Waals surface area contributed by atoms with Gasteiger partial charge in [-0.15, -0.1) is 0 Å². The summed E-state index contributed by atoms with van der Waals surface area (Å²) in [7, 11) is 1.90. The van der Waals surface area contributed by atoms with Gasteiger partial charge in [0.2, 0.25) is 5.78 Å². The summed E-state index contributed by atoms with van der Waals surface area (Å²) in [6, 6.07) is 9.49. The smallest absolute Gasteiger partial charge is 0.211 e. The molecule has 4 heteroatoms. The number of Topliss-reactive ketones (excluding diaryl/α,β-unsaturated/α-hetero) is 1. The molecule has 2 atom stereocenters. The molecule has 1 aliphatic carbocycles. The number of para-hydroxylation sites is 1. The van der Waals surface area contributed by atoms with Crippen molar-refractivity contribution in [1.29, 1.82) is 0 Å². The minimum absolute atomic E-state index is 0.0357. The maximum Gasteiger partial charge on any atom is 0.211 e. The summed E-state index contributed by atoms with van der Waals surface area (Å²) >= 11 is 0. The Morgan fingerprint density at radius 1 is 1.33 bits per heavy atom. The van der Waals surface area contributed by atoms with E-state index in [1.54, 1.807) is 6.07 Å². The maximum atomic E-state index is 12.4. The minimum atomic E-state index is -0.327. The molecular formula is C17H21NO3. The molecule has 0 spiro atoms. The molecule has 2 aromatic rings. The molecule has 0 saturated heterocycles. The molecule has 2 unspecified atom stereocenters. The Bertz CT molecular complexity index is 601. The highest BCUT2D eigenvalue weighted by Crippen LogP contribution is 2.23. The van der Waals surface area contributed by atoms with E-state index in [2.05, 4.69) is 0 Å². The monoisotopic (exact) mass is 287 g/mol. The molecule has 0 amide bonds. The molecule has 0 radical (unpaired) electrons. The third-order valence-electron chi connectivity index (χ3n) is 4.35. The standard InChI is InChI=1S/C17H21NO3/c1-18(13-7-3-4-8-14(13)19)11-15(20)17-10-12-6-2-5-9-16(12)21-17/h2,5-6,9-10,13-14,19H,3-4,7-8,11H2,1H3. The van der Waals surface area contributed by atoms with E-state index in [9.17, 15) is 9.90 Å². The van der Waals surface area contributed by atoms with Crippen molar-refractivity contribution in [3.63, 3.8) is 0 Å². The zero-order valence-corrected chi connectivity index (χ0v) is 12.3. The Hall–Kier alpha value is -1.65. The van der Waals surface area contributed by atoms with Crippen LogP contribution in [-0.4, -0.2) is 41.5 Å². The summed E-state index contributed by atoms with van der Waals surface area (Å²) in [5.74, 6) is 0.361. The van der Waals surface area contributed by atoms with Gasteiger partial charge in [-0.2, -0.15) is 0 Å². The van der Waals surface area contributed by atoms with Crippen molar-refractivity contribution in [3.05, 3.63) is 36.1 Å². The summed E-state index contributed by atoms with van der Waals surface area (Å²) in [6.45, 7) is 0.279. The van der Waals surface area contributed by atoms with Crippen LogP contribution in [0.4, 0.5) is 0 Å². The summed E-state index contributed by atoms with van der Waals surface area (Å²) in [5.41, 5.74) is 0.737. The lowest BCUT2D eigenvalue weighted by Crippen LogP contribution is -2.45. The molecule has 21 heavy (non-hydrogen) atoms. The van der Waals surface area contributed by atoms with Gasteiger partial charge in [-0.05, 0) is 32.0 Å². The van der Waals surface area contributed by atoms with Crippen molar-refractivity contribution in [2.24, 2.45) is 0 Å². The first-order valence-electron chi connectivity index (χ1n) is 7.55. The molecule has 3 rings (SSSR count). The van der Waals surface area contributed by atoms with Crippen LogP contribution in [0.2, 0.25) is 0 Å². The number of hydrogen-bond acceptors (Lipinski definition) is 4. The number of aliphatic hydroxyl groups is 1. The molecule has 1 aliphatic rings. The van der Waals surface area contributed by atoms with Crippen LogP contribution in [0, 0.1) is 0 Å². The van der Waals surface area contributed by atoms with Gasteiger partial charge in [0.05, 0.1) is 12.6 Å². The predicted octanol–water partition coefficient (Wildman–Crippen LogP) is 2.85. The highest BCUT2D eigenvalue weighted by atomic mass is 16.3. The number of likely N-dealkylation sites (N-methyl/N-ethyl adjacent to an activating group) is 1. The molecular weight excluding hydrogens is 266 g/mol. The van der Waals surface area contributed by atoms with Crippen molar-refractivity contribution in [1.82, 2.24) is 4.90 Å². The molecule has 1 aromatic heterocycles. The second-order valence-corrected chi connectivity index (χ2v) is 5.91. The number of benzene rings is 1. The third-order valence-corrected chi connectivity index (χ3v) is 4.35. The molecule has 4 nitrogen and oxygen atoms in total. The normalized spacial score (nSPS) is 22.8. The van der Waals surface area contributed by atoms with Crippen LogP contribution in [-0.2, 0) is 0 Å². The average Bonchev–Trinajstić information content (AvgIpc) is 2.91. The fourth-order valence-electron chi connectivity index (χ4n) is 3.15. The number of aliphatic hydroxyl groups excluding tert-OH is 1. The van der Waals surface area contributed by atoms with Gasteiger partial charge in [0.15, 0.2) is 5.76 Å². The van der Waals surface area contributed by atoms with Crippen LogP contribution >= 0.6 is 0 Å². The lowest BCUT2D eigenvalue weighted by atomic mass is 9.91. The van der Waals surface area contributed by atoms with Gasteiger partial charge in [0.1, 0.15) is 5.58 Å². The fraction of sp³-hybridized carbons (Fsp3) is 0.471. The predicted molar refractivity (Wildman–Crippen MR) is 81.4 cm³/mol. The van der Waals surface area contributed by atoms with E-state index in [4.69, 9.17) is 4.42 Å². The van der Waals surface area contributed by atoms with Gasteiger partial charge < -0.3 is 9.52 Å². The quantitative estimate of drug-likeness (QED) is 0.879. The number of fused-ring (bicyclic) bond motifs is 1. The molecule has 1 N–H and O–H groups in total. The van der Waals surface area contributed by atoms with Gasteiger partial charge in [-0.3, -0.25) is 9.69 Å². The average molecular weight is 287 g/mol.